The van der Waals surface area contributed by atoms with E-state index >= 15 is 0 Å². The van der Waals surface area contributed by atoms with Gasteiger partial charge in [-0.05, 0) is 75.6 Å². The highest BCUT2D eigenvalue weighted by atomic mass is 14.9. The first-order chi connectivity index (χ1) is 12.9. The quantitative estimate of drug-likeness (QED) is 0.549. The number of aryl methyl sites for hydroxylation is 2. The van der Waals surface area contributed by atoms with Crippen LogP contribution in [0.25, 0.3) is 0 Å². The predicted molar refractivity (Wildman–Crippen MR) is 113 cm³/mol. The maximum atomic E-state index is 3.76. The Kier molecular flexibility index (Phi) is 9.00. The van der Waals surface area contributed by atoms with Crippen molar-refractivity contribution < 1.29 is 0 Å². The van der Waals surface area contributed by atoms with Gasteiger partial charge in [0, 0.05) is 12.1 Å². The molecule has 2 fully saturated rings. The van der Waals surface area contributed by atoms with E-state index in [1.165, 1.54) is 114 Å². The van der Waals surface area contributed by atoms with E-state index < -0.39 is 0 Å². The molecule has 2 aliphatic carbocycles. The van der Waals surface area contributed by atoms with Crippen LogP contribution >= 0.6 is 0 Å². The molecule has 0 aromatic heterocycles. The molecular weight excluding hydrogens is 316 g/mol. The van der Waals surface area contributed by atoms with Gasteiger partial charge in [-0.2, -0.15) is 0 Å². The maximum absolute atomic E-state index is 3.76. The van der Waals surface area contributed by atoms with Crippen LogP contribution in [0.1, 0.15) is 88.2 Å². The Morgan fingerprint density at radius 3 is 1.35 bits per heavy atom. The number of nitrogens with one attached hydrogen (secondary N) is 2. The Hall–Kier alpha value is -0.860. The van der Waals surface area contributed by atoms with Crippen molar-refractivity contribution in [3.63, 3.8) is 0 Å². The first-order valence-corrected chi connectivity index (χ1v) is 11.4. The van der Waals surface area contributed by atoms with Crippen LogP contribution in [0, 0.1) is 0 Å². The van der Waals surface area contributed by atoms with Crippen molar-refractivity contribution in [3.05, 3.63) is 35.4 Å². The van der Waals surface area contributed by atoms with Crippen molar-refractivity contribution in [3.8, 4) is 0 Å². The van der Waals surface area contributed by atoms with Gasteiger partial charge in [0.2, 0.25) is 0 Å². The van der Waals surface area contributed by atoms with Gasteiger partial charge in [-0.3, -0.25) is 0 Å². The Bertz CT molecular complexity index is 424. The average Bonchev–Trinajstić information content (AvgIpc) is 2.71. The fourth-order valence-electron chi connectivity index (χ4n) is 4.68. The molecule has 0 atom stereocenters. The van der Waals surface area contributed by atoms with Gasteiger partial charge in [-0.1, -0.05) is 62.8 Å². The lowest BCUT2D eigenvalue weighted by Crippen LogP contribution is -2.31. The van der Waals surface area contributed by atoms with E-state index in [-0.39, 0.29) is 0 Å². The summed E-state index contributed by atoms with van der Waals surface area (Å²) in [6.07, 6.45) is 19.1. The number of hydrogen-bond donors (Lipinski definition) is 2. The largest absolute Gasteiger partial charge is 0.314 e. The normalized spacial score (nSPS) is 19.7. The minimum absolute atomic E-state index is 0.799. The SMILES string of the molecule is c1cc(CCCNC2CCCCC2)ccc1CCCNC1CCCCC1. The van der Waals surface area contributed by atoms with Crippen LogP contribution in [-0.4, -0.2) is 25.2 Å². The molecule has 3 rings (SSSR count). The van der Waals surface area contributed by atoms with E-state index in [4.69, 9.17) is 0 Å². The summed E-state index contributed by atoms with van der Waals surface area (Å²) in [5.74, 6) is 0. The fourth-order valence-corrected chi connectivity index (χ4v) is 4.68. The van der Waals surface area contributed by atoms with Gasteiger partial charge < -0.3 is 10.6 Å². The molecule has 0 saturated heterocycles. The first-order valence-electron chi connectivity index (χ1n) is 11.4. The number of hydrogen-bond acceptors (Lipinski definition) is 2. The molecule has 146 valence electrons. The smallest absolute Gasteiger partial charge is 0.00670 e. The molecule has 2 heteroatoms. The van der Waals surface area contributed by atoms with Crippen LogP contribution in [-0.2, 0) is 12.8 Å². The van der Waals surface area contributed by atoms with Gasteiger partial charge in [0.05, 0.1) is 0 Å². The zero-order chi connectivity index (χ0) is 17.9. The Balaban J connectivity index is 1.24. The lowest BCUT2D eigenvalue weighted by Gasteiger charge is -2.22. The van der Waals surface area contributed by atoms with Crippen molar-refractivity contribution in [2.45, 2.75) is 102 Å². The van der Waals surface area contributed by atoms with E-state index in [1.807, 2.05) is 0 Å². The summed E-state index contributed by atoms with van der Waals surface area (Å²) in [4.78, 5) is 0. The van der Waals surface area contributed by atoms with E-state index in [2.05, 4.69) is 34.9 Å². The molecule has 0 bridgehead atoms. The Labute approximate surface area is 161 Å². The van der Waals surface area contributed by atoms with Gasteiger partial charge in [-0.25, -0.2) is 0 Å². The molecule has 1 aromatic carbocycles. The fraction of sp³-hybridized carbons (Fsp3) is 0.750. The molecule has 2 nitrogen and oxygen atoms in total. The molecule has 26 heavy (non-hydrogen) atoms. The summed E-state index contributed by atoms with van der Waals surface area (Å²) in [6.45, 7) is 2.36. The van der Waals surface area contributed by atoms with Crippen LogP contribution in [0.3, 0.4) is 0 Å². The number of benzene rings is 1. The van der Waals surface area contributed by atoms with E-state index in [0.717, 1.165) is 12.1 Å². The van der Waals surface area contributed by atoms with Crippen LogP contribution in [0.4, 0.5) is 0 Å². The molecule has 0 amide bonds. The van der Waals surface area contributed by atoms with Gasteiger partial charge in [0.1, 0.15) is 0 Å². The molecule has 0 unspecified atom stereocenters. The van der Waals surface area contributed by atoms with E-state index in [1.54, 1.807) is 0 Å². The van der Waals surface area contributed by atoms with Crippen molar-refractivity contribution in [1.29, 1.82) is 0 Å². The van der Waals surface area contributed by atoms with Crippen molar-refractivity contribution in [1.82, 2.24) is 10.6 Å². The summed E-state index contributed by atoms with van der Waals surface area (Å²) in [7, 11) is 0. The second-order valence-corrected chi connectivity index (χ2v) is 8.60. The molecule has 0 radical (unpaired) electrons. The van der Waals surface area contributed by atoms with Crippen LogP contribution < -0.4 is 10.6 Å². The third-order valence-corrected chi connectivity index (χ3v) is 6.38. The zero-order valence-corrected chi connectivity index (χ0v) is 16.8. The minimum Gasteiger partial charge on any atom is -0.314 e. The summed E-state index contributed by atoms with van der Waals surface area (Å²) in [6, 6.07) is 11.0. The molecular formula is C24H40N2. The van der Waals surface area contributed by atoms with E-state index in [0.29, 0.717) is 0 Å². The maximum Gasteiger partial charge on any atom is 0.00670 e. The summed E-state index contributed by atoms with van der Waals surface area (Å²) >= 11 is 0. The molecule has 0 heterocycles. The average molecular weight is 357 g/mol. The van der Waals surface area contributed by atoms with Crippen LogP contribution in [0.5, 0.6) is 0 Å². The third-order valence-electron chi connectivity index (χ3n) is 6.38. The Morgan fingerprint density at radius 2 is 0.962 bits per heavy atom. The molecule has 0 aliphatic heterocycles. The lowest BCUT2D eigenvalue weighted by molar-refractivity contribution is 0.372. The highest BCUT2D eigenvalue weighted by Crippen LogP contribution is 2.18. The Morgan fingerprint density at radius 1 is 0.577 bits per heavy atom. The van der Waals surface area contributed by atoms with Crippen LogP contribution in [0.2, 0.25) is 0 Å². The highest BCUT2D eigenvalue weighted by molar-refractivity contribution is 5.22. The van der Waals surface area contributed by atoms with Crippen molar-refractivity contribution in [2.24, 2.45) is 0 Å². The molecule has 2 aliphatic rings. The summed E-state index contributed by atoms with van der Waals surface area (Å²) in [5, 5.41) is 7.52. The summed E-state index contributed by atoms with van der Waals surface area (Å²) in [5.41, 5.74) is 3.00. The first kappa shape index (κ1) is 19.9. The third kappa shape index (κ3) is 7.40. The summed E-state index contributed by atoms with van der Waals surface area (Å²) < 4.78 is 0. The second-order valence-electron chi connectivity index (χ2n) is 8.60. The standard InChI is InChI=1S/C24H40N2/c1-3-11-23(12-4-1)25-19-7-9-21-15-17-22(18-16-21)10-8-20-26-24-13-5-2-6-14-24/h15-18,23-26H,1-14,19-20H2. The van der Waals surface area contributed by atoms with Gasteiger partial charge in [0.15, 0.2) is 0 Å². The van der Waals surface area contributed by atoms with Crippen molar-refractivity contribution in [2.75, 3.05) is 13.1 Å². The van der Waals surface area contributed by atoms with Gasteiger partial charge >= 0.3 is 0 Å². The lowest BCUT2D eigenvalue weighted by atomic mass is 9.95. The topological polar surface area (TPSA) is 24.1 Å². The molecule has 2 N–H and O–H groups in total. The second kappa shape index (κ2) is 11.8. The van der Waals surface area contributed by atoms with Gasteiger partial charge in [-0.15, -0.1) is 0 Å². The monoisotopic (exact) mass is 356 g/mol. The van der Waals surface area contributed by atoms with Gasteiger partial charge in [0.25, 0.3) is 0 Å². The zero-order valence-electron chi connectivity index (χ0n) is 16.8. The van der Waals surface area contributed by atoms with Crippen LogP contribution in [0.15, 0.2) is 24.3 Å². The van der Waals surface area contributed by atoms with E-state index in [9.17, 15) is 0 Å². The molecule has 2 saturated carbocycles. The van der Waals surface area contributed by atoms with Crippen molar-refractivity contribution >= 4 is 0 Å². The molecule has 0 spiro atoms. The highest BCUT2D eigenvalue weighted by Gasteiger charge is 2.12. The molecule has 1 aromatic rings. The number of rotatable bonds is 10. The minimum atomic E-state index is 0.799. The predicted octanol–water partition coefficient (Wildman–Crippen LogP) is 5.40.